The zero-order valence-corrected chi connectivity index (χ0v) is 10.5. The van der Waals surface area contributed by atoms with Crippen molar-refractivity contribution in [1.82, 2.24) is 20.1 Å². The number of anilines is 1. The summed E-state index contributed by atoms with van der Waals surface area (Å²) in [5.74, 6) is -0.640. The van der Waals surface area contributed by atoms with E-state index in [9.17, 15) is 9.59 Å². The summed E-state index contributed by atoms with van der Waals surface area (Å²) in [5, 5.41) is 17.6. The molecule has 0 spiro atoms. The fourth-order valence-electron chi connectivity index (χ4n) is 1.40. The maximum atomic E-state index is 11.6. The SMILES string of the molecule is CC(C)C[C@H](NC(=O)Nc1ncnn1C)C(=O)O. The van der Waals surface area contributed by atoms with Gasteiger partial charge in [-0.25, -0.2) is 14.3 Å². The van der Waals surface area contributed by atoms with Crippen molar-refractivity contribution in [3.8, 4) is 0 Å². The highest BCUT2D eigenvalue weighted by molar-refractivity contribution is 5.90. The number of aliphatic carboxylic acids is 1. The van der Waals surface area contributed by atoms with Crippen LogP contribution in [0.25, 0.3) is 0 Å². The summed E-state index contributed by atoms with van der Waals surface area (Å²) in [7, 11) is 1.62. The van der Waals surface area contributed by atoms with Crippen LogP contribution in [0, 0.1) is 5.92 Å². The predicted molar refractivity (Wildman–Crippen MR) is 64.0 cm³/mol. The third kappa shape index (κ3) is 4.04. The molecule has 0 saturated heterocycles. The zero-order valence-electron chi connectivity index (χ0n) is 10.5. The molecule has 0 unspecified atom stereocenters. The Balaban J connectivity index is 2.56. The van der Waals surface area contributed by atoms with E-state index in [1.54, 1.807) is 7.05 Å². The standard InChI is InChI=1S/C10H17N5O3/c1-6(2)4-7(8(16)17)13-10(18)14-9-11-5-12-15(9)3/h5-7H,4H2,1-3H3,(H,16,17)(H2,11,12,13,14,18)/t7-/m0/s1. The van der Waals surface area contributed by atoms with E-state index in [0.29, 0.717) is 6.42 Å². The summed E-state index contributed by atoms with van der Waals surface area (Å²) < 4.78 is 1.37. The molecule has 1 heterocycles. The Labute approximate surface area is 104 Å². The van der Waals surface area contributed by atoms with E-state index >= 15 is 0 Å². The Morgan fingerprint density at radius 3 is 2.61 bits per heavy atom. The number of hydrogen-bond acceptors (Lipinski definition) is 4. The summed E-state index contributed by atoms with van der Waals surface area (Å²) in [5.41, 5.74) is 0. The molecule has 0 radical (unpaired) electrons. The summed E-state index contributed by atoms with van der Waals surface area (Å²) in [6.45, 7) is 3.77. The van der Waals surface area contributed by atoms with Crippen LogP contribution in [0.3, 0.4) is 0 Å². The Kier molecular flexibility index (Phi) is 4.64. The topological polar surface area (TPSA) is 109 Å². The molecule has 0 aliphatic carbocycles. The third-order valence-electron chi connectivity index (χ3n) is 2.25. The van der Waals surface area contributed by atoms with E-state index in [-0.39, 0.29) is 11.9 Å². The number of nitrogens with one attached hydrogen (secondary N) is 2. The van der Waals surface area contributed by atoms with Crippen LogP contribution in [0.5, 0.6) is 0 Å². The third-order valence-corrected chi connectivity index (χ3v) is 2.25. The molecule has 8 heteroatoms. The highest BCUT2D eigenvalue weighted by Gasteiger charge is 2.21. The molecule has 0 bridgehead atoms. The van der Waals surface area contributed by atoms with Gasteiger partial charge in [-0.05, 0) is 12.3 Å². The van der Waals surface area contributed by atoms with Crippen molar-refractivity contribution in [1.29, 1.82) is 0 Å². The van der Waals surface area contributed by atoms with E-state index in [1.165, 1.54) is 11.0 Å². The molecule has 1 aromatic heterocycles. The van der Waals surface area contributed by atoms with E-state index in [0.717, 1.165) is 0 Å². The van der Waals surface area contributed by atoms with E-state index in [1.807, 2.05) is 13.8 Å². The second-order valence-electron chi connectivity index (χ2n) is 4.33. The smallest absolute Gasteiger partial charge is 0.326 e. The summed E-state index contributed by atoms with van der Waals surface area (Å²) >= 11 is 0. The predicted octanol–water partition coefficient (Wildman–Crippen LogP) is 0.436. The molecule has 3 N–H and O–H groups in total. The Hall–Kier alpha value is -2.12. The molecule has 0 aliphatic rings. The molecule has 0 fully saturated rings. The van der Waals surface area contributed by atoms with Gasteiger partial charge in [0.2, 0.25) is 5.95 Å². The summed E-state index contributed by atoms with van der Waals surface area (Å²) in [4.78, 5) is 26.4. The number of urea groups is 1. The second kappa shape index (κ2) is 5.99. The van der Waals surface area contributed by atoms with Crippen LogP contribution in [0.1, 0.15) is 20.3 Å². The number of carboxylic acid groups (broad SMARTS) is 1. The molecule has 1 rings (SSSR count). The molecule has 2 amide bonds. The van der Waals surface area contributed by atoms with Crippen molar-refractivity contribution in [3.05, 3.63) is 6.33 Å². The summed E-state index contributed by atoms with van der Waals surface area (Å²) in [6.07, 6.45) is 1.65. The number of amides is 2. The Bertz CT molecular complexity index is 429. The second-order valence-corrected chi connectivity index (χ2v) is 4.33. The molecule has 8 nitrogen and oxygen atoms in total. The normalized spacial score (nSPS) is 12.2. The van der Waals surface area contributed by atoms with Crippen LogP contribution >= 0.6 is 0 Å². The van der Waals surface area contributed by atoms with Crippen molar-refractivity contribution in [2.45, 2.75) is 26.3 Å². The van der Waals surface area contributed by atoms with Crippen molar-refractivity contribution >= 4 is 17.9 Å². The van der Waals surface area contributed by atoms with Gasteiger partial charge in [0.15, 0.2) is 0 Å². The maximum Gasteiger partial charge on any atom is 0.326 e. The van der Waals surface area contributed by atoms with E-state index in [2.05, 4.69) is 20.7 Å². The molecule has 0 saturated carbocycles. The van der Waals surface area contributed by atoms with Crippen molar-refractivity contribution in [2.24, 2.45) is 13.0 Å². The van der Waals surface area contributed by atoms with Crippen LogP contribution < -0.4 is 10.6 Å². The van der Waals surface area contributed by atoms with Gasteiger partial charge in [0, 0.05) is 7.05 Å². The van der Waals surface area contributed by atoms with Crippen molar-refractivity contribution < 1.29 is 14.7 Å². The monoisotopic (exact) mass is 255 g/mol. The number of carboxylic acids is 1. The van der Waals surface area contributed by atoms with Gasteiger partial charge in [0.1, 0.15) is 12.4 Å². The molecule has 0 aliphatic heterocycles. The number of rotatable bonds is 5. The van der Waals surface area contributed by atoms with Gasteiger partial charge in [-0.15, -0.1) is 0 Å². The first-order valence-electron chi connectivity index (χ1n) is 5.54. The van der Waals surface area contributed by atoms with Crippen LogP contribution in [-0.2, 0) is 11.8 Å². The Morgan fingerprint density at radius 2 is 2.17 bits per heavy atom. The number of aromatic nitrogens is 3. The van der Waals surface area contributed by atoms with Gasteiger partial charge in [-0.1, -0.05) is 13.8 Å². The van der Waals surface area contributed by atoms with Gasteiger partial charge < -0.3 is 10.4 Å². The molecule has 100 valence electrons. The quantitative estimate of drug-likeness (QED) is 0.707. The van der Waals surface area contributed by atoms with Crippen molar-refractivity contribution in [3.63, 3.8) is 0 Å². The molecule has 1 aromatic rings. The average molecular weight is 255 g/mol. The van der Waals surface area contributed by atoms with Gasteiger partial charge >= 0.3 is 12.0 Å². The van der Waals surface area contributed by atoms with Gasteiger partial charge in [-0.3, -0.25) is 5.32 Å². The zero-order chi connectivity index (χ0) is 13.7. The van der Waals surface area contributed by atoms with Gasteiger partial charge in [0.25, 0.3) is 0 Å². The van der Waals surface area contributed by atoms with Crippen LogP contribution in [0.4, 0.5) is 10.7 Å². The lowest BCUT2D eigenvalue weighted by atomic mass is 10.0. The first kappa shape index (κ1) is 13.9. The Morgan fingerprint density at radius 1 is 1.50 bits per heavy atom. The number of carbonyl (C=O) groups is 2. The largest absolute Gasteiger partial charge is 0.480 e. The molecule has 1 atom stereocenters. The van der Waals surface area contributed by atoms with E-state index < -0.39 is 18.0 Å². The van der Waals surface area contributed by atoms with Crippen molar-refractivity contribution in [2.75, 3.05) is 5.32 Å². The minimum absolute atomic E-state index is 0.168. The number of hydrogen-bond donors (Lipinski definition) is 3. The lowest BCUT2D eigenvalue weighted by Crippen LogP contribution is -2.44. The first-order chi connectivity index (χ1) is 8.40. The number of aryl methyl sites for hydroxylation is 1. The highest BCUT2D eigenvalue weighted by Crippen LogP contribution is 2.05. The first-order valence-corrected chi connectivity index (χ1v) is 5.54. The van der Waals surface area contributed by atoms with Crippen LogP contribution in [0.15, 0.2) is 6.33 Å². The number of carbonyl (C=O) groups excluding carboxylic acids is 1. The lowest BCUT2D eigenvalue weighted by molar-refractivity contribution is -0.139. The van der Waals surface area contributed by atoms with Crippen LogP contribution in [0.2, 0.25) is 0 Å². The van der Waals surface area contributed by atoms with E-state index in [4.69, 9.17) is 5.11 Å². The lowest BCUT2D eigenvalue weighted by Gasteiger charge is -2.16. The highest BCUT2D eigenvalue weighted by atomic mass is 16.4. The molecule has 18 heavy (non-hydrogen) atoms. The fourth-order valence-corrected chi connectivity index (χ4v) is 1.40. The minimum Gasteiger partial charge on any atom is -0.480 e. The van der Waals surface area contributed by atoms with Gasteiger partial charge in [-0.2, -0.15) is 10.1 Å². The van der Waals surface area contributed by atoms with Gasteiger partial charge in [0.05, 0.1) is 0 Å². The fraction of sp³-hybridized carbons (Fsp3) is 0.600. The molecular weight excluding hydrogens is 238 g/mol. The maximum absolute atomic E-state index is 11.6. The average Bonchev–Trinajstić information content (AvgIpc) is 2.62. The van der Waals surface area contributed by atoms with Crippen LogP contribution in [-0.4, -0.2) is 37.9 Å². The minimum atomic E-state index is -1.06. The number of nitrogens with zero attached hydrogens (tertiary/aromatic N) is 3. The molecular formula is C10H17N5O3. The molecule has 0 aromatic carbocycles. The summed E-state index contributed by atoms with van der Waals surface area (Å²) in [6, 6.07) is -1.53.